The van der Waals surface area contributed by atoms with Gasteiger partial charge in [0.05, 0.1) is 17.3 Å². The molecule has 0 bridgehead atoms. The second kappa shape index (κ2) is 6.25. The number of rotatable bonds is 3. The topological polar surface area (TPSA) is 82.4 Å². The van der Waals surface area contributed by atoms with Gasteiger partial charge in [-0.15, -0.1) is 0 Å². The van der Waals surface area contributed by atoms with Crippen LogP contribution in [0.3, 0.4) is 0 Å². The van der Waals surface area contributed by atoms with Gasteiger partial charge in [0.15, 0.2) is 0 Å². The van der Waals surface area contributed by atoms with Crippen LogP contribution < -0.4 is 5.32 Å². The zero-order valence-electron chi connectivity index (χ0n) is 10.5. The highest BCUT2D eigenvalue weighted by atomic mass is 16.5. The van der Waals surface area contributed by atoms with Crippen LogP contribution >= 0.6 is 0 Å². The van der Waals surface area contributed by atoms with E-state index >= 15 is 0 Å². The first kappa shape index (κ1) is 13.4. The van der Waals surface area contributed by atoms with Crippen LogP contribution in [0.25, 0.3) is 0 Å². The van der Waals surface area contributed by atoms with Crippen LogP contribution in [0.1, 0.15) is 11.1 Å². The molecule has 0 aromatic heterocycles. The van der Waals surface area contributed by atoms with Gasteiger partial charge in [-0.1, -0.05) is 30.3 Å². The Kier molecular flexibility index (Phi) is 4.20. The van der Waals surface area contributed by atoms with Crippen LogP contribution in [0.2, 0.25) is 0 Å². The van der Waals surface area contributed by atoms with Crippen LogP contribution in [0.5, 0.6) is 5.75 Å². The first-order valence-electron chi connectivity index (χ1n) is 5.90. The predicted molar refractivity (Wildman–Crippen MR) is 73.1 cm³/mol. The maximum absolute atomic E-state index is 11.6. The largest absolute Gasteiger partial charge is 0.506 e. The maximum atomic E-state index is 11.6. The molecule has 5 heteroatoms. The summed E-state index contributed by atoms with van der Waals surface area (Å²) < 4.78 is 5.02. The van der Waals surface area contributed by atoms with Crippen LogP contribution in [-0.2, 0) is 11.3 Å². The lowest BCUT2D eigenvalue weighted by atomic mass is 10.2. The average molecular weight is 268 g/mol. The molecule has 20 heavy (non-hydrogen) atoms. The number of benzene rings is 2. The number of carbonyl (C=O) groups excluding carboxylic acids is 1. The van der Waals surface area contributed by atoms with E-state index in [1.165, 1.54) is 18.2 Å². The van der Waals surface area contributed by atoms with Crippen molar-refractivity contribution in [2.24, 2.45) is 0 Å². The quantitative estimate of drug-likeness (QED) is 0.838. The normalized spacial score (nSPS) is 9.55. The van der Waals surface area contributed by atoms with Crippen molar-refractivity contribution in [3.05, 3.63) is 59.7 Å². The highest BCUT2D eigenvalue weighted by molar-refractivity contribution is 5.86. The van der Waals surface area contributed by atoms with Crippen LogP contribution in [0, 0.1) is 11.3 Å². The SMILES string of the molecule is N#Cc1ccc(NC(=O)OCc2ccccc2)c(O)c1. The third-order valence-corrected chi connectivity index (χ3v) is 2.58. The van der Waals surface area contributed by atoms with Crippen molar-refractivity contribution in [1.29, 1.82) is 5.26 Å². The molecule has 2 rings (SSSR count). The second-order valence-corrected chi connectivity index (χ2v) is 4.03. The Morgan fingerprint density at radius 1 is 1.25 bits per heavy atom. The highest BCUT2D eigenvalue weighted by Gasteiger charge is 2.08. The number of aromatic hydroxyl groups is 1. The minimum Gasteiger partial charge on any atom is -0.506 e. The molecule has 2 aromatic carbocycles. The Bertz CT molecular complexity index is 648. The number of nitriles is 1. The van der Waals surface area contributed by atoms with E-state index in [0.717, 1.165) is 5.56 Å². The molecule has 0 heterocycles. The van der Waals surface area contributed by atoms with Gasteiger partial charge in [-0.25, -0.2) is 4.79 Å². The van der Waals surface area contributed by atoms with Gasteiger partial charge in [0.25, 0.3) is 0 Å². The molecule has 0 saturated heterocycles. The lowest BCUT2D eigenvalue weighted by molar-refractivity contribution is 0.155. The van der Waals surface area contributed by atoms with Gasteiger partial charge in [0.1, 0.15) is 12.4 Å². The van der Waals surface area contributed by atoms with E-state index in [2.05, 4.69) is 5.32 Å². The van der Waals surface area contributed by atoms with E-state index in [-0.39, 0.29) is 18.0 Å². The molecule has 0 aliphatic carbocycles. The molecule has 0 aliphatic heterocycles. The molecule has 0 atom stereocenters. The van der Waals surface area contributed by atoms with Crippen LogP contribution in [-0.4, -0.2) is 11.2 Å². The first-order valence-corrected chi connectivity index (χ1v) is 5.90. The number of hydrogen-bond acceptors (Lipinski definition) is 4. The lowest BCUT2D eigenvalue weighted by Crippen LogP contribution is -2.13. The summed E-state index contributed by atoms with van der Waals surface area (Å²) in [6, 6.07) is 15.3. The zero-order chi connectivity index (χ0) is 14.4. The van der Waals surface area contributed by atoms with E-state index in [1.807, 2.05) is 36.4 Å². The van der Waals surface area contributed by atoms with E-state index < -0.39 is 6.09 Å². The maximum Gasteiger partial charge on any atom is 0.412 e. The highest BCUT2D eigenvalue weighted by Crippen LogP contribution is 2.24. The number of phenols is 1. The van der Waals surface area contributed by atoms with Crippen molar-refractivity contribution in [3.63, 3.8) is 0 Å². The Hall–Kier alpha value is -3.00. The third-order valence-electron chi connectivity index (χ3n) is 2.58. The summed E-state index contributed by atoms with van der Waals surface area (Å²) in [5.74, 6) is -0.180. The van der Waals surface area contributed by atoms with Gasteiger partial charge in [0.2, 0.25) is 0 Å². The number of hydrogen-bond donors (Lipinski definition) is 2. The molecular weight excluding hydrogens is 256 g/mol. The zero-order valence-corrected chi connectivity index (χ0v) is 10.5. The van der Waals surface area contributed by atoms with Crippen LogP contribution in [0.15, 0.2) is 48.5 Å². The van der Waals surface area contributed by atoms with Crippen molar-refractivity contribution in [3.8, 4) is 11.8 Å². The Labute approximate surface area is 116 Å². The molecule has 0 unspecified atom stereocenters. The second-order valence-electron chi connectivity index (χ2n) is 4.03. The fourth-order valence-electron chi connectivity index (χ4n) is 1.58. The smallest absolute Gasteiger partial charge is 0.412 e. The number of nitrogens with one attached hydrogen (secondary N) is 1. The molecule has 1 amide bonds. The van der Waals surface area contributed by atoms with Gasteiger partial charge >= 0.3 is 6.09 Å². The van der Waals surface area contributed by atoms with Gasteiger partial charge in [-0.3, -0.25) is 5.32 Å². The number of phenolic OH excluding ortho intramolecular Hbond substituents is 1. The summed E-state index contributed by atoms with van der Waals surface area (Å²) in [7, 11) is 0. The standard InChI is InChI=1S/C15H12N2O3/c16-9-12-6-7-13(14(18)8-12)17-15(19)20-10-11-4-2-1-3-5-11/h1-8,18H,10H2,(H,17,19). The summed E-state index contributed by atoms with van der Waals surface area (Å²) in [5.41, 5.74) is 1.37. The molecule has 2 aromatic rings. The molecule has 100 valence electrons. The third kappa shape index (κ3) is 3.50. The van der Waals surface area contributed by atoms with Crippen molar-refractivity contribution >= 4 is 11.8 Å². The molecule has 0 saturated carbocycles. The monoisotopic (exact) mass is 268 g/mol. The van der Waals surface area contributed by atoms with Gasteiger partial charge in [-0.2, -0.15) is 5.26 Å². The fraction of sp³-hybridized carbons (Fsp3) is 0.0667. The van der Waals surface area contributed by atoms with Gasteiger partial charge in [0, 0.05) is 0 Å². The van der Waals surface area contributed by atoms with Crippen LogP contribution in [0.4, 0.5) is 10.5 Å². The summed E-state index contributed by atoms with van der Waals surface area (Å²) in [6.07, 6.45) is -0.672. The Morgan fingerprint density at radius 2 is 2.00 bits per heavy atom. The summed E-state index contributed by atoms with van der Waals surface area (Å²) in [4.78, 5) is 11.6. The van der Waals surface area contributed by atoms with Gasteiger partial charge < -0.3 is 9.84 Å². The molecule has 0 radical (unpaired) electrons. The van der Waals surface area contributed by atoms with E-state index in [0.29, 0.717) is 5.56 Å². The van der Waals surface area contributed by atoms with E-state index in [9.17, 15) is 9.90 Å². The summed E-state index contributed by atoms with van der Waals surface area (Å²) >= 11 is 0. The van der Waals surface area contributed by atoms with E-state index in [4.69, 9.17) is 10.00 Å². The average Bonchev–Trinajstić information content (AvgIpc) is 2.48. The minimum atomic E-state index is -0.672. The molecule has 0 aliphatic rings. The van der Waals surface area contributed by atoms with Crippen molar-refractivity contribution in [2.45, 2.75) is 6.61 Å². The molecule has 0 spiro atoms. The first-order chi connectivity index (χ1) is 9.69. The number of carbonyl (C=O) groups is 1. The molecule has 2 N–H and O–H groups in total. The summed E-state index contributed by atoms with van der Waals surface area (Å²) in [5, 5.41) is 20.7. The fourth-order valence-corrected chi connectivity index (χ4v) is 1.58. The molecule has 0 fully saturated rings. The van der Waals surface area contributed by atoms with E-state index in [1.54, 1.807) is 0 Å². The molecular formula is C15H12N2O3. The number of amides is 1. The van der Waals surface area contributed by atoms with Crippen molar-refractivity contribution < 1.29 is 14.6 Å². The Balaban J connectivity index is 1.93. The van der Waals surface area contributed by atoms with Crippen molar-refractivity contribution in [2.75, 3.05) is 5.32 Å². The number of anilines is 1. The molecule has 5 nitrogen and oxygen atoms in total. The number of ether oxygens (including phenoxy) is 1. The minimum absolute atomic E-state index is 0.143. The van der Waals surface area contributed by atoms with Gasteiger partial charge in [-0.05, 0) is 23.8 Å². The lowest BCUT2D eigenvalue weighted by Gasteiger charge is -2.08. The summed E-state index contributed by atoms with van der Waals surface area (Å²) in [6.45, 7) is 0.143. The van der Waals surface area contributed by atoms with Crippen molar-refractivity contribution in [1.82, 2.24) is 0 Å². The predicted octanol–water partition coefficient (Wildman–Crippen LogP) is 3.01. The number of nitrogens with zero attached hydrogens (tertiary/aromatic N) is 1. The Morgan fingerprint density at radius 3 is 2.65 bits per heavy atom.